The summed E-state index contributed by atoms with van der Waals surface area (Å²) in [5.74, 6) is -0.555. The van der Waals surface area contributed by atoms with E-state index in [2.05, 4.69) is 0 Å². The van der Waals surface area contributed by atoms with Crippen LogP contribution in [0, 0.1) is 18.7 Å². The Morgan fingerprint density at radius 3 is 2.57 bits per heavy atom. The summed E-state index contributed by atoms with van der Waals surface area (Å²) in [5, 5.41) is 0. The molecule has 2 aromatic rings. The first kappa shape index (κ1) is 18.7. The number of aryl methyl sites for hydroxylation is 1. The highest BCUT2D eigenvalue weighted by Gasteiger charge is 2.40. The second-order valence-corrected chi connectivity index (χ2v) is 7.99. The lowest BCUT2D eigenvalue weighted by Crippen LogP contribution is -2.38. The minimum atomic E-state index is -0.313. The van der Waals surface area contributed by atoms with E-state index in [1.807, 2.05) is 42.2 Å². The predicted octanol–water partition coefficient (Wildman–Crippen LogP) is 3.67. The van der Waals surface area contributed by atoms with Gasteiger partial charge in [-0.25, -0.2) is 4.39 Å². The van der Waals surface area contributed by atoms with Crippen LogP contribution in [-0.4, -0.2) is 34.2 Å². The first-order chi connectivity index (χ1) is 13.5. The third-order valence-corrected chi connectivity index (χ3v) is 5.57. The molecule has 1 heterocycles. The molecule has 1 aliphatic heterocycles. The van der Waals surface area contributed by atoms with Crippen LogP contribution in [-0.2, 0) is 22.7 Å². The zero-order valence-corrected chi connectivity index (χ0v) is 16.1. The average molecular weight is 380 g/mol. The van der Waals surface area contributed by atoms with Crippen LogP contribution in [0.2, 0.25) is 0 Å². The summed E-state index contributed by atoms with van der Waals surface area (Å²) in [5.41, 5.74) is 3.05. The normalized spacial score (nSPS) is 19.1. The summed E-state index contributed by atoms with van der Waals surface area (Å²) in [6.45, 7) is 3.43. The average Bonchev–Trinajstić information content (AvgIpc) is 3.45. The Bertz CT molecular complexity index is 876. The number of amides is 2. The maximum absolute atomic E-state index is 13.5. The topological polar surface area (TPSA) is 40.6 Å². The fourth-order valence-corrected chi connectivity index (χ4v) is 3.84. The number of nitrogens with zero attached hydrogens (tertiary/aromatic N) is 2. The first-order valence-corrected chi connectivity index (χ1v) is 9.88. The number of hydrogen-bond acceptors (Lipinski definition) is 2. The second kappa shape index (κ2) is 7.74. The van der Waals surface area contributed by atoms with Crippen molar-refractivity contribution in [1.82, 2.24) is 9.80 Å². The van der Waals surface area contributed by atoms with Crippen LogP contribution in [0.4, 0.5) is 4.39 Å². The molecule has 1 saturated heterocycles. The maximum Gasteiger partial charge on any atom is 0.228 e. The van der Waals surface area contributed by atoms with E-state index in [1.165, 1.54) is 17.7 Å². The highest BCUT2D eigenvalue weighted by Crippen LogP contribution is 2.32. The number of rotatable bonds is 6. The molecule has 5 heteroatoms. The number of benzene rings is 2. The Morgan fingerprint density at radius 2 is 1.89 bits per heavy atom. The molecular formula is C23H25FN2O2. The standard InChI is InChI=1S/C23H25FN2O2/c1-16-5-7-17(8-6-16)13-25-15-19(12-22(25)27)23(28)26(21-9-10-21)14-18-3-2-4-20(24)11-18/h2-8,11,19,21H,9-10,12-15H2,1H3. The van der Waals surface area contributed by atoms with Crippen molar-refractivity contribution in [1.29, 1.82) is 0 Å². The lowest BCUT2D eigenvalue weighted by Gasteiger charge is -2.26. The molecule has 0 bridgehead atoms. The van der Waals surface area contributed by atoms with Gasteiger partial charge in [-0.15, -0.1) is 0 Å². The highest BCUT2D eigenvalue weighted by molar-refractivity contribution is 5.89. The number of carbonyl (C=O) groups excluding carboxylic acids is 2. The number of halogens is 1. The van der Waals surface area contributed by atoms with Gasteiger partial charge < -0.3 is 9.80 Å². The number of hydrogen-bond donors (Lipinski definition) is 0. The van der Waals surface area contributed by atoms with Crippen LogP contribution in [0.25, 0.3) is 0 Å². The van der Waals surface area contributed by atoms with Gasteiger partial charge in [0.25, 0.3) is 0 Å². The first-order valence-electron chi connectivity index (χ1n) is 9.88. The lowest BCUT2D eigenvalue weighted by atomic mass is 10.1. The largest absolute Gasteiger partial charge is 0.338 e. The monoisotopic (exact) mass is 380 g/mol. The molecule has 1 aliphatic carbocycles. The van der Waals surface area contributed by atoms with Crippen LogP contribution in [0.3, 0.4) is 0 Å². The third-order valence-electron chi connectivity index (χ3n) is 5.57. The van der Waals surface area contributed by atoms with E-state index in [4.69, 9.17) is 0 Å². The van der Waals surface area contributed by atoms with Gasteiger partial charge in [0.2, 0.25) is 11.8 Å². The molecular weight excluding hydrogens is 355 g/mol. The molecule has 4 nitrogen and oxygen atoms in total. The van der Waals surface area contributed by atoms with E-state index in [-0.39, 0.29) is 36.0 Å². The van der Waals surface area contributed by atoms with Crippen molar-refractivity contribution >= 4 is 11.8 Å². The van der Waals surface area contributed by atoms with Crippen molar-refractivity contribution in [3.05, 3.63) is 71.0 Å². The molecule has 1 unspecified atom stereocenters. The molecule has 2 aromatic carbocycles. The molecule has 0 radical (unpaired) electrons. The van der Waals surface area contributed by atoms with Crippen molar-refractivity contribution in [3.63, 3.8) is 0 Å². The van der Waals surface area contributed by atoms with Crippen LogP contribution in [0.5, 0.6) is 0 Å². The molecule has 2 aliphatic rings. The van der Waals surface area contributed by atoms with E-state index in [0.29, 0.717) is 19.6 Å². The second-order valence-electron chi connectivity index (χ2n) is 7.99. The van der Waals surface area contributed by atoms with Crippen molar-refractivity contribution < 1.29 is 14.0 Å². The van der Waals surface area contributed by atoms with Gasteiger partial charge in [-0.3, -0.25) is 9.59 Å². The summed E-state index contributed by atoms with van der Waals surface area (Å²) < 4.78 is 13.5. The van der Waals surface area contributed by atoms with Crippen LogP contribution in [0.1, 0.15) is 36.0 Å². The van der Waals surface area contributed by atoms with Gasteiger partial charge in [0.15, 0.2) is 0 Å². The van der Waals surface area contributed by atoms with E-state index >= 15 is 0 Å². The molecule has 0 N–H and O–H groups in total. The van der Waals surface area contributed by atoms with E-state index in [1.54, 1.807) is 11.0 Å². The summed E-state index contributed by atoms with van der Waals surface area (Å²) in [6, 6.07) is 14.7. The molecule has 1 atom stereocenters. The Balaban J connectivity index is 1.43. The van der Waals surface area contributed by atoms with Gasteiger partial charge in [0, 0.05) is 32.1 Å². The summed E-state index contributed by atoms with van der Waals surface area (Å²) in [4.78, 5) is 29.3. The van der Waals surface area contributed by atoms with Gasteiger partial charge in [-0.05, 0) is 43.0 Å². The van der Waals surface area contributed by atoms with Gasteiger partial charge in [0.05, 0.1) is 5.92 Å². The minimum Gasteiger partial charge on any atom is -0.338 e. The van der Waals surface area contributed by atoms with Gasteiger partial charge in [0.1, 0.15) is 5.82 Å². The molecule has 146 valence electrons. The molecule has 28 heavy (non-hydrogen) atoms. The quantitative estimate of drug-likeness (QED) is 0.767. The van der Waals surface area contributed by atoms with Gasteiger partial charge >= 0.3 is 0 Å². The third kappa shape index (κ3) is 4.24. The fraction of sp³-hybridized carbons (Fsp3) is 0.391. The van der Waals surface area contributed by atoms with Crippen molar-refractivity contribution in [2.45, 2.75) is 45.3 Å². The summed E-state index contributed by atoms with van der Waals surface area (Å²) in [6.07, 6.45) is 2.22. The molecule has 2 fully saturated rings. The molecule has 0 spiro atoms. The molecule has 1 saturated carbocycles. The minimum absolute atomic E-state index is 0.0199. The Morgan fingerprint density at radius 1 is 1.14 bits per heavy atom. The number of carbonyl (C=O) groups is 2. The smallest absolute Gasteiger partial charge is 0.228 e. The molecule has 0 aromatic heterocycles. The fourth-order valence-electron chi connectivity index (χ4n) is 3.84. The van der Waals surface area contributed by atoms with Gasteiger partial charge in [-0.2, -0.15) is 0 Å². The lowest BCUT2D eigenvalue weighted by molar-refractivity contribution is -0.137. The summed E-state index contributed by atoms with van der Waals surface area (Å²) >= 11 is 0. The van der Waals surface area contributed by atoms with Gasteiger partial charge in [-0.1, -0.05) is 42.0 Å². The maximum atomic E-state index is 13.5. The van der Waals surface area contributed by atoms with Crippen molar-refractivity contribution in [2.24, 2.45) is 5.92 Å². The Labute approximate surface area is 164 Å². The SMILES string of the molecule is Cc1ccc(CN2CC(C(=O)N(Cc3cccc(F)c3)C3CC3)CC2=O)cc1. The van der Waals surface area contributed by atoms with E-state index in [0.717, 1.165) is 24.0 Å². The van der Waals surface area contributed by atoms with Crippen molar-refractivity contribution in [2.75, 3.05) is 6.54 Å². The van der Waals surface area contributed by atoms with Crippen LogP contribution < -0.4 is 0 Å². The van der Waals surface area contributed by atoms with Crippen LogP contribution >= 0.6 is 0 Å². The molecule has 4 rings (SSSR count). The van der Waals surface area contributed by atoms with Crippen molar-refractivity contribution in [3.8, 4) is 0 Å². The Hall–Kier alpha value is -2.69. The van der Waals surface area contributed by atoms with Crippen LogP contribution in [0.15, 0.2) is 48.5 Å². The van der Waals surface area contributed by atoms with E-state index < -0.39 is 0 Å². The molecule has 2 amide bonds. The highest BCUT2D eigenvalue weighted by atomic mass is 19.1. The zero-order valence-electron chi connectivity index (χ0n) is 16.1. The number of likely N-dealkylation sites (tertiary alicyclic amines) is 1. The van der Waals surface area contributed by atoms with E-state index in [9.17, 15) is 14.0 Å². The Kier molecular flexibility index (Phi) is 5.16. The zero-order chi connectivity index (χ0) is 19.7. The summed E-state index contributed by atoms with van der Waals surface area (Å²) in [7, 11) is 0. The predicted molar refractivity (Wildman–Crippen MR) is 105 cm³/mol.